The molecule has 2 amide bonds. The number of carboxylic acid groups (broad SMARTS) is 1. The maximum absolute atomic E-state index is 13.2. The van der Waals surface area contributed by atoms with Gasteiger partial charge in [-0.2, -0.15) is 0 Å². The Morgan fingerprint density at radius 3 is 2.11 bits per heavy atom. The number of benzene rings is 2. The van der Waals surface area contributed by atoms with Crippen LogP contribution in [0.5, 0.6) is 0 Å². The normalized spacial score (nSPS) is 17.1. The molecule has 4 rings (SSSR count). The van der Waals surface area contributed by atoms with Crippen molar-refractivity contribution >= 4 is 18.0 Å². The van der Waals surface area contributed by atoms with Gasteiger partial charge in [-0.15, -0.1) is 0 Å². The van der Waals surface area contributed by atoms with Crippen LogP contribution < -0.4 is 10.6 Å². The molecule has 0 aliphatic heterocycles. The quantitative estimate of drug-likeness (QED) is 0.464. The van der Waals surface area contributed by atoms with Crippen LogP contribution in [0.15, 0.2) is 48.5 Å². The number of nitrogens with one attached hydrogen (secondary N) is 2. The largest absolute Gasteiger partial charge is 0.481 e. The van der Waals surface area contributed by atoms with Crippen LogP contribution >= 0.6 is 0 Å². The van der Waals surface area contributed by atoms with E-state index in [2.05, 4.69) is 34.9 Å². The van der Waals surface area contributed by atoms with Gasteiger partial charge in [0, 0.05) is 12.5 Å². The van der Waals surface area contributed by atoms with Gasteiger partial charge in [-0.25, -0.2) is 4.79 Å². The minimum atomic E-state index is -1.10. The molecule has 0 bridgehead atoms. The molecule has 2 aliphatic rings. The van der Waals surface area contributed by atoms with Crippen molar-refractivity contribution < 1.29 is 24.2 Å². The van der Waals surface area contributed by atoms with Crippen molar-refractivity contribution in [3.05, 3.63) is 59.7 Å². The number of amides is 2. The second kappa shape index (κ2) is 10.1. The van der Waals surface area contributed by atoms with Gasteiger partial charge in [-0.1, -0.05) is 62.4 Å². The van der Waals surface area contributed by atoms with E-state index in [-0.39, 0.29) is 49.2 Å². The van der Waals surface area contributed by atoms with E-state index in [0.29, 0.717) is 0 Å². The molecular weight excluding hydrogens is 444 g/mol. The summed E-state index contributed by atoms with van der Waals surface area (Å²) in [4.78, 5) is 37.2. The Balaban J connectivity index is 1.40. The van der Waals surface area contributed by atoms with E-state index < -0.39 is 17.6 Å². The molecule has 0 heterocycles. The standard InChI is InChI=1S/C28H34N2O5/c1-17(2)18(14-25(31)32)15-29-26(33)28(3,19-12-13-19)30-27(34)35-16-24-22-10-6-4-8-20(22)21-9-5-7-11-23(21)24/h4-11,17-19,24H,12-16H2,1-3H3,(H,29,33)(H,30,34)(H,31,32). The molecule has 0 radical (unpaired) electrons. The highest BCUT2D eigenvalue weighted by atomic mass is 16.5. The van der Waals surface area contributed by atoms with Crippen molar-refractivity contribution in [3.63, 3.8) is 0 Å². The van der Waals surface area contributed by atoms with Crippen LogP contribution in [-0.2, 0) is 14.3 Å². The molecule has 2 atom stereocenters. The minimum Gasteiger partial charge on any atom is -0.481 e. The smallest absolute Gasteiger partial charge is 0.408 e. The molecule has 0 saturated heterocycles. The minimum absolute atomic E-state index is 0.0160. The molecule has 3 N–H and O–H groups in total. The van der Waals surface area contributed by atoms with E-state index in [1.54, 1.807) is 6.92 Å². The van der Waals surface area contributed by atoms with E-state index in [0.717, 1.165) is 35.1 Å². The molecule has 7 nitrogen and oxygen atoms in total. The lowest BCUT2D eigenvalue weighted by atomic mass is 9.91. The Morgan fingerprint density at radius 2 is 1.60 bits per heavy atom. The van der Waals surface area contributed by atoms with Gasteiger partial charge in [0.25, 0.3) is 0 Å². The molecule has 1 fully saturated rings. The van der Waals surface area contributed by atoms with Gasteiger partial charge in [0.15, 0.2) is 0 Å². The molecule has 1 saturated carbocycles. The number of aliphatic carboxylic acids is 1. The summed E-state index contributed by atoms with van der Waals surface area (Å²) in [7, 11) is 0. The summed E-state index contributed by atoms with van der Waals surface area (Å²) in [6, 6.07) is 16.3. The SMILES string of the molecule is CC(C)C(CNC(=O)C(C)(NC(=O)OCC1c2ccccc2-c2ccccc21)C1CC1)CC(=O)O. The number of carbonyl (C=O) groups is 3. The summed E-state index contributed by atoms with van der Waals surface area (Å²) in [5, 5.41) is 14.9. The average Bonchev–Trinajstić information content (AvgIpc) is 3.63. The first-order valence-electron chi connectivity index (χ1n) is 12.3. The first-order chi connectivity index (χ1) is 16.7. The Bertz CT molecular complexity index is 1060. The number of carboxylic acids is 1. The summed E-state index contributed by atoms with van der Waals surface area (Å²) in [5.41, 5.74) is 3.46. The number of hydrogen-bond donors (Lipinski definition) is 3. The van der Waals surface area contributed by atoms with E-state index in [4.69, 9.17) is 9.84 Å². The van der Waals surface area contributed by atoms with Gasteiger partial charge >= 0.3 is 12.1 Å². The maximum atomic E-state index is 13.2. The summed E-state index contributed by atoms with van der Waals surface area (Å²) in [6.45, 7) is 6.03. The second-order valence-corrected chi connectivity index (χ2v) is 10.2. The first kappa shape index (κ1) is 24.8. The second-order valence-electron chi connectivity index (χ2n) is 10.2. The average molecular weight is 479 g/mol. The Labute approximate surface area is 206 Å². The number of rotatable bonds is 10. The third kappa shape index (κ3) is 5.34. The zero-order valence-electron chi connectivity index (χ0n) is 20.5. The predicted octanol–water partition coefficient (Wildman–Crippen LogP) is 4.56. The van der Waals surface area contributed by atoms with Crippen LogP contribution in [0.4, 0.5) is 4.79 Å². The van der Waals surface area contributed by atoms with Crippen LogP contribution in [0.25, 0.3) is 11.1 Å². The van der Waals surface area contributed by atoms with Crippen molar-refractivity contribution in [2.45, 2.75) is 51.5 Å². The molecule has 7 heteroatoms. The maximum Gasteiger partial charge on any atom is 0.408 e. The fourth-order valence-corrected chi connectivity index (χ4v) is 5.03. The molecule has 186 valence electrons. The molecule has 35 heavy (non-hydrogen) atoms. The zero-order chi connectivity index (χ0) is 25.2. The van der Waals surface area contributed by atoms with Gasteiger partial charge in [-0.3, -0.25) is 9.59 Å². The van der Waals surface area contributed by atoms with E-state index >= 15 is 0 Å². The molecular formula is C28H34N2O5. The van der Waals surface area contributed by atoms with Gasteiger partial charge < -0.3 is 20.5 Å². The van der Waals surface area contributed by atoms with E-state index in [1.807, 2.05) is 38.1 Å². The molecule has 0 spiro atoms. The van der Waals surface area contributed by atoms with Gasteiger partial charge in [0.2, 0.25) is 5.91 Å². The Morgan fingerprint density at radius 1 is 1.03 bits per heavy atom. The van der Waals surface area contributed by atoms with E-state index in [1.165, 1.54) is 0 Å². The topological polar surface area (TPSA) is 105 Å². The molecule has 2 aromatic rings. The number of fused-ring (bicyclic) bond motifs is 3. The van der Waals surface area contributed by atoms with Crippen LogP contribution in [0, 0.1) is 17.8 Å². The highest BCUT2D eigenvalue weighted by Gasteiger charge is 2.49. The lowest BCUT2D eigenvalue weighted by Crippen LogP contribution is -2.59. The third-order valence-corrected chi connectivity index (χ3v) is 7.48. The number of carbonyl (C=O) groups excluding carboxylic acids is 2. The van der Waals surface area contributed by atoms with E-state index in [9.17, 15) is 14.4 Å². The van der Waals surface area contributed by atoms with Crippen LogP contribution in [0.2, 0.25) is 0 Å². The Hall–Kier alpha value is -3.35. The molecule has 0 aromatic heterocycles. The van der Waals surface area contributed by atoms with Crippen LogP contribution in [-0.4, -0.2) is 41.8 Å². The van der Waals surface area contributed by atoms with Crippen molar-refractivity contribution in [2.24, 2.45) is 17.8 Å². The summed E-state index contributed by atoms with van der Waals surface area (Å²) >= 11 is 0. The monoisotopic (exact) mass is 478 g/mol. The summed E-state index contributed by atoms with van der Waals surface area (Å²) < 4.78 is 5.67. The van der Waals surface area contributed by atoms with Gasteiger partial charge in [0.05, 0.1) is 6.42 Å². The number of hydrogen-bond acceptors (Lipinski definition) is 4. The zero-order valence-corrected chi connectivity index (χ0v) is 20.5. The van der Waals surface area contributed by atoms with Crippen molar-refractivity contribution in [3.8, 4) is 11.1 Å². The predicted molar refractivity (Wildman–Crippen MR) is 133 cm³/mol. The summed E-state index contributed by atoms with van der Waals surface area (Å²) in [6.07, 6.45) is 1.05. The first-order valence-corrected chi connectivity index (χ1v) is 12.3. The molecule has 2 aromatic carbocycles. The molecule has 2 aliphatic carbocycles. The highest BCUT2D eigenvalue weighted by Crippen LogP contribution is 2.44. The Kier molecular flexibility index (Phi) is 7.15. The van der Waals surface area contributed by atoms with Gasteiger partial charge in [0.1, 0.15) is 12.1 Å². The van der Waals surface area contributed by atoms with Crippen LogP contribution in [0.1, 0.15) is 57.1 Å². The number of ether oxygens (including phenoxy) is 1. The van der Waals surface area contributed by atoms with Crippen molar-refractivity contribution in [1.82, 2.24) is 10.6 Å². The number of alkyl carbamates (subject to hydrolysis) is 1. The lowest BCUT2D eigenvalue weighted by Gasteiger charge is -2.31. The van der Waals surface area contributed by atoms with Crippen molar-refractivity contribution in [2.75, 3.05) is 13.2 Å². The lowest BCUT2D eigenvalue weighted by molar-refractivity contribution is -0.139. The van der Waals surface area contributed by atoms with Crippen molar-refractivity contribution in [1.29, 1.82) is 0 Å². The fraction of sp³-hybridized carbons (Fsp3) is 0.464. The fourth-order valence-electron chi connectivity index (χ4n) is 5.03. The van der Waals surface area contributed by atoms with Gasteiger partial charge in [-0.05, 0) is 59.8 Å². The molecule has 2 unspecified atom stereocenters. The van der Waals surface area contributed by atoms with Crippen LogP contribution in [0.3, 0.4) is 0 Å². The third-order valence-electron chi connectivity index (χ3n) is 7.48. The summed E-state index contributed by atoms with van der Waals surface area (Å²) in [5.74, 6) is -1.30. The highest BCUT2D eigenvalue weighted by molar-refractivity contribution is 5.90.